The van der Waals surface area contributed by atoms with Gasteiger partial charge in [0, 0.05) is 17.3 Å². The predicted octanol–water partition coefficient (Wildman–Crippen LogP) is 2.63. The Kier molecular flexibility index (Phi) is 6.23. The Hall–Kier alpha value is -1.67. The van der Waals surface area contributed by atoms with E-state index in [0.29, 0.717) is 35.0 Å². The van der Waals surface area contributed by atoms with Gasteiger partial charge in [-0.15, -0.1) is 0 Å². The number of nitrogens with zero attached hydrogens (tertiary/aromatic N) is 1. The Morgan fingerprint density at radius 2 is 2.16 bits per heavy atom. The molecular weight excluding hydrogens is 310 g/mol. The molecule has 0 amide bonds. The lowest BCUT2D eigenvalue weighted by atomic mass is 9.99. The van der Waals surface area contributed by atoms with E-state index in [1.54, 1.807) is 25.1 Å². The third-order valence-corrected chi connectivity index (χ3v) is 2.91. The van der Waals surface area contributed by atoms with Crippen LogP contribution in [0.25, 0.3) is 0 Å². The van der Waals surface area contributed by atoms with Crippen molar-refractivity contribution in [2.24, 2.45) is 0 Å². The second kappa shape index (κ2) is 7.70. The number of ketones is 1. The molecule has 0 aromatic heterocycles. The van der Waals surface area contributed by atoms with E-state index in [2.05, 4.69) is 15.9 Å². The third kappa shape index (κ3) is 4.49. The van der Waals surface area contributed by atoms with E-state index < -0.39 is 5.97 Å². The average Bonchev–Trinajstić information content (AvgIpc) is 2.39. The first-order valence-corrected chi connectivity index (χ1v) is 7.02. The Morgan fingerprint density at radius 1 is 1.42 bits per heavy atom. The van der Waals surface area contributed by atoms with Gasteiger partial charge < -0.3 is 4.74 Å². The number of ether oxygens (including phenoxy) is 1. The third-order valence-electron chi connectivity index (χ3n) is 2.51. The van der Waals surface area contributed by atoms with Crippen molar-refractivity contribution in [2.45, 2.75) is 19.8 Å². The smallest absolute Gasteiger partial charge is 0.310 e. The molecule has 1 aromatic rings. The van der Waals surface area contributed by atoms with Crippen LogP contribution in [0, 0.1) is 11.3 Å². The maximum Gasteiger partial charge on any atom is 0.310 e. The van der Waals surface area contributed by atoms with E-state index in [1.165, 1.54) is 0 Å². The number of rotatable bonds is 6. The van der Waals surface area contributed by atoms with E-state index in [4.69, 9.17) is 10.00 Å². The first-order valence-electron chi connectivity index (χ1n) is 5.90. The average molecular weight is 324 g/mol. The minimum Gasteiger partial charge on any atom is -0.466 e. The zero-order valence-corrected chi connectivity index (χ0v) is 12.2. The first kappa shape index (κ1) is 15.4. The number of carbonyl (C=O) groups excluding carboxylic acids is 2. The normalized spacial score (nSPS) is 9.74. The molecule has 100 valence electrons. The van der Waals surface area contributed by atoms with Crippen LogP contribution in [0.1, 0.15) is 34.8 Å². The van der Waals surface area contributed by atoms with Gasteiger partial charge in [-0.1, -0.05) is 22.0 Å². The summed E-state index contributed by atoms with van der Waals surface area (Å²) in [7, 11) is 0. The van der Waals surface area contributed by atoms with Crippen molar-refractivity contribution in [1.29, 1.82) is 5.26 Å². The van der Waals surface area contributed by atoms with Crippen LogP contribution < -0.4 is 0 Å². The van der Waals surface area contributed by atoms with Crippen LogP contribution >= 0.6 is 15.9 Å². The monoisotopic (exact) mass is 323 g/mol. The minimum absolute atomic E-state index is 0.00612. The van der Waals surface area contributed by atoms with Crippen molar-refractivity contribution in [2.75, 3.05) is 11.9 Å². The van der Waals surface area contributed by atoms with E-state index in [0.717, 1.165) is 0 Å². The molecule has 0 fully saturated rings. The second-order valence-electron chi connectivity index (χ2n) is 3.83. The Morgan fingerprint density at radius 3 is 2.74 bits per heavy atom. The molecule has 0 saturated carbocycles. The number of hydrogen-bond donors (Lipinski definition) is 0. The molecule has 0 aliphatic carbocycles. The molecule has 0 N–H and O–H groups in total. The molecule has 0 spiro atoms. The molecule has 0 bridgehead atoms. The van der Waals surface area contributed by atoms with Crippen molar-refractivity contribution in [1.82, 2.24) is 0 Å². The highest BCUT2D eigenvalue weighted by Gasteiger charge is 2.12. The summed E-state index contributed by atoms with van der Waals surface area (Å²) in [6.45, 7) is 2.02. The number of benzene rings is 1. The summed E-state index contributed by atoms with van der Waals surface area (Å²) in [6.07, 6.45) is 0.386. The fourth-order valence-electron chi connectivity index (χ4n) is 1.62. The highest BCUT2D eigenvalue weighted by Crippen LogP contribution is 2.15. The van der Waals surface area contributed by atoms with Gasteiger partial charge in [0.2, 0.25) is 0 Å². The molecule has 0 radical (unpaired) electrons. The number of hydrogen-bond acceptors (Lipinski definition) is 4. The van der Waals surface area contributed by atoms with Crippen molar-refractivity contribution in [3.8, 4) is 6.07 Å². The van der Waals surface area contributed by atoms with E-state index >= 15 is 0 Å². The zero-order valence-electron chi connectivity index (χ0n) is 10.6. The summed E-state index contributed by atoms with van der Waals surface area (Å²) in [4.78, 5) is 23.2. The molecule has 19 heavy (non-hydrogen) atoms. The van der Waals surface area contributed by atoms with Crippen LogP contribution in [-0.4, -0.2) is 23.7 Å². The van der Waals surface area contributed by atoms with Gasteiger partial charge in [-0.2, -0.15) is 5.26 Å². The summed E-state index contributed by atoms with van der Waals surface area (Å²) in [6, 6.07) is 6.79. The minimum atomic E-state index is -0.399. The predicted molar refractivity (Wildman–Crippen MR) is 74.2 cm³/mol. The number of esters is 1. The van der Waals surface area contributed by atoms with Gasteiger partial charge in [0.1, 0.15) is 0 Å². The molecule has 5 heteroatoms. The summed E-state index contributed by atoms with van der Waals surface area (Å²) in [5, 5.41) is 9.58. The number of nitriles is 1. The molecule has 0 saturated heterocycles. The molecule has 1 rings (SSSR count). The fourth-order valence-corrected chi connectivity index (χ4v) is 1.98. The van der Waals surface area contributed by atoms with Crippen molar-refractivity contribution in [3.63, 3.8) is 0 Å². The SMILES string of the molecule is CCOC(=O)Cc1cc(C(=O)CCBr)ccc1C#N. The number of halogens is 1. The van der Waals surface area contributed by atoms with Gasteiger partial charge in [0.25, 0.3) is 0 Å². The van der Waals surface area contributed by atoms with Crippen molar-refractivity contribution >= 4 is 27.7 Å². The van der Waals surface area contributed by atoms with Gasteiger partial charge in [-0.3, -0.25) is 9.59 Å². The molecule has 4 nitrogen and oxygen atoms in total. The van der Waals surface area contributed by atoms with Crippen LogP contribution in [0.4, 0.5) is 0 Å². The lowest BCUT2D eigenvalue weighted by Crippen LogP contribution is -2.10. The largest absolute Gasteiger partial charge is 0.466 e. The van der Waals surface area contributed by atoms with Crippen LogP contribution in [0.5, 0.6) is 0 Å². The highest BCUT2D eigenvalue weighted by atomic mass is 79.9. The van der Waals surface area contributed by atoms with Gasteiger partial charge in [0.15, 0.2) is 5.78 Å². The van der Waals surface area contributed by atoms with Crippen molar-refractivity contribution < 1.29 is 14.3 Å². The quantitative estimate of drug-likeness (QED) is 0.458. The van der Waals surface area contributed by atoms with Crippen LogP contribution in [0.15, 0.2) is 18.2 Å². The number of Topliss-reactive ketones (excluding diaryl/α,β-unsaturated/α-hetero) is 1. The van der Waals surface area contributed by atoms with E-state index in [9.17, 15) is 9.59 Å². The first-order chi connectivity index (χ1) is 9.12. The van der Waals surface area contributed by atoms with E-state index in [-0.39, 0.29) is 12.2 Å². The summed E-state index contributed by atoms with van der Waals surface area (Å²) in [5.41, 5.74) is 1.43. The molecule has 0 heterocycles. The summed E-state index contributed by atoms with van der Waals surface area (Å²) >= 11 is 3.21. The van der Waals surface area contributed by atoms with Gasteiger partial charge in [-0.25, -0.2) is 0 Å². The molecule has 0 atom stereocenters. The van der Waals surface area contributed by atoms with Crippen LogP contribution in [0.2, 0.25) is 0 Å². The molecular formula is C14H14BrNO3. The fraction of sp³-hybridized carbons (Fsp3) is 0.357. The van der Waals surface area contributed by atoms with Gasteiger partial charge in [-0.05, 0) is 24.6 Å². The van der Waals surface area contributed by atoms with Gasteiger partial charge in [0.05, 0.1) is 24.7 Å². The Bertz CT molecular complexity index is 520. The summed E-state index contributed by atoms with van der Waals surface area (Å²) < 4.78 is 4.85. The zero-order chi connectivity index (χ0) is 14.3. The van der Waals surface area contributed by atoms with Gasteiger partial charge >= 0.3 is 5.97 Å². The second-order valence-corrected chi connectivity index (χ2v) is 4.62. The number of carbonyl (C=O) groups is 2. The highest BCUT2D eigenvalue weighted by molar-refractivity contribution is 9.09. The Labute approximate surface area is 120 Å². The van der Waals surface area contributed by atoms with Crippen LogP contribution in [-0.2, 0) is 16.0 Å². The van der Waals surface area contributed by atoms with Crippen LogP contribution in [0.3, 0.4) is 0 Å². The standard InChI is InChI=1S/C14H14BrNO3/c1-2-19-14(18)8-12-7-10(13(17)5-6-15)3-4-11(12)9-16/h3-4,7H,2,5-6,8H2,1H3. The molecule has 0 unspecified atom stereocenters. The maximum atomic E-state index is 11.8. The molecule has 0 aliphatic rings. The van der Waals surface area contributed by atoms with Crippen molar-refractivity contribution in [3.05, 3.63) is 34.9 Å². The lowest BCUT2D eigenvalue weighted by molar-refractivity contribution is -0.142. The number of alkyl halides is 1. The van der Waals surface area contributed by atoms with E-state index in [1.807, 2.05) is 6.07 Å². The Balaban J connectivity index is 3.00. The molecule has 0 aliphatic heterocycles. The maximum absolute atomic E-state index is 11.8. The lowest BCUT2D eigenvalue weighted by Gasteiger charge is -2.06. The molecule has 1 aromatic carbocycles. The topological polar surface area (TPSA) is 67.2 Å². The summed E-state index contributed by atoms with van der Waals surface area (Å²) in [5.74, 6) is -0.421.